The van der Waals surface area contributed by atoms with E-state index in [0.717, 1.165) is 12.2 Å². The number of nitrogens with two attached hydrogens (primary N) is 1. The van der Waals surface area contributed by atoms with Gasteiger partial charge in [0.25, 0.3) is 0 Å². The van der Waals surface area contributed by atoms with Gasteiger partial charge in [0.05, 0.1) is 5.69 Å². The van der Waals surface area contributed by atoms with Gasteiger partial charge in [-0.05, 0) is 24.6 Å². The number of benzene rings is 1. The van der Waals surface area contributed by atoms with Crippen LogP contribution in [0.4, 0.5) is 5.69 Å². The summed E-state index contributed by atoms with van der Waals surface area (Å²) in [6.45, 7) is 5.67. The molecule has 18 heavy (non-hydrogen) atoms. The molecule has 4 heteroatoms. The number of amides is 1. The molecule has 0 aromatic heterocycles. The minimum atomic E-state index is 0.197. The number of hydrogen-bond donors (Lipinski definition) is 1. The minimum absolute atomic E-state index is 0.197. The lowest BCUT2D eigenvalue weighted by Crippen LogP contribution is -2.26. The van der Waals surface area contributed by atoms with Crippen LogP contribution in [0.1, 0.15) is 20.3 Å². The van der Waals surface area contributed by atoms with E-state index in [4.69, 9.17) is 5.73 Å². The zero-order valence-corrected chi connectivity index (χ0v) is 11.7. The Hall–Kier alpha value is -1.00. The van der Waals surface area contributed by atoms with Crippen molar-refractivity contribution >= 4 is 23.4 Å². The van der Waals surface area contributed by atoms with Crippen molar-refractivity contribution in [2.75, 3.05) is 18.0 Å². The van der Waals surface area contributed by atoms with Gasteiger partial charge in [-0.15, -0.1) is 11.8 Å². The van der Waals surface area contributed by atoms with E-state index in [0.29, 0.717) is 24.1 Å². The third kappa shape index (κ3) is 2.87. The van der Waals surface area contributed by atoms with E-state index in [1.165, 1.54) is 4.90 Å². The molecule has 1 unspecified atom stereocenters. The number of para-hydroxylation sites is 1. The molecule has 1 fully saturated rings. The molecule has 1 saturated heterocycles. The number of rotatable bonds is 4. The molecule has 1 aromatic rings. The quantitative estimate of drug-likeness (QED) is 0.850. The van der Waals surface area contributed by atoms with Crippen LogP contribution in [0.5, 0.6) is 0 Å². The first-order valence-electron chi connectivity index (χ1n) is 6.38. The van der Waals surface area contributed by atoms with Crippen molar-refractivity contribution in [2.45, 2.75) is 30.4 Å². The molecule has 1 heterocycles. The summed E-state index contributed by atoms with van der Waals surface area (Å²) in [5.41, 5.74) is 6.71. The Kier molecular flexibility index (Phi) is 4.30. The highest BCUT2D eigenvalue weighted by Gasteiger charge is 2.30. The molecule has 1 aromatic carbocycles. The first-order chi connectivity index (χ1) is 8.61. The zero-order valence-electron chi connectivity index (χ0n) is 10.9. The molecule has 2 N–H and O–H groups in total. The van der Waals surface area contributed by atoms with E-state index in [1.54, 1.807) is 11.8 Å². The van der Waals surface area contributed by atoms with Crippen molar-refractivity contribution in [3.8, 4) is 0 Å². The van der Waals surface area contributed by atoms with Crippen LogP contribution >= 0.6 is 11.8 Å². The van der Waals surface area contributed by atoms with Crippen molar-refractivity contribution in [1.82, 2.24) is 0 Å². The molecule has 0 aliphatic carbocycles. The number of nitrogens with zero attached hydrogens (tertiary/aromatic N) is 1. The summed E-state index contributed by atoms with van der Waals surface area (Å²) in [7, 11) is 0. The molecule has 0 spiro atoms. The predicted molar refractivity (Wildman–Crippen MR) is 76.9 cm³/mol. The lowest BCUT2D eigenvalue weighted by molar-refractivity contribution is -0.117. The summed E-state index contributed by atoms with van der Waals surface area (Å²) in [5, 5.41) is 0.508. The van der Waals surface area contributed by atoms with Gasteiger partial charge in [-0.1, -0.05) is 26.0 Å². The fourth-order valence-corrected chi connectivity index (χ4v) is 3.17. The van der Waals surface area contributed by atoms with Crippen LogP contribution in [-0.2, 0) is 4.79 Å². The van der Waals surface area contributed by atoms with E-state index in [9.17, 15) is 4.79 Å². The van der Waals surface area contributed by atoms with Gasteiger partial charge in [0.1, 0.15) is 0 Å². The lowest BCUT2D eigenvalue weighted by atomic mass is 10.1. The second kappa shape index (κ2) is 5.76. The number of carbonyl (C=O) groups excluding carboxylic acids is 1. The zero-order chi connectivity index (χ0) is 13.1. The highest BCUT2D eigenvalue weighted by atomic mass is 32.2. The Labute approximate surface area is 113 Å². The van der Waals surface area contributed by atoms with Gasteiger partial charge >= 0.3 is 0 Å². The van der Waals surface area contributed by atoms with Gasteiger partial charge in [0.2, 0.25) is 5.91 Å². The minimum Gasteiger partial charge on any atom is -0.330 e. The Morgan fingerprint density at radius 2 is 2.17 bits per heavy atom. The van der Waals surface area contributed by atoms with Crippen LogP contribution < -0.4 is 10.6 Å². The van der Waals surface area contributed by atoms with E-state index in [1.807, 2.05) is 23.1 Å². The third-order valence-corrected chi connectivity index (χ3v) is 4.13. The summed E-state index contributed by atoms with van der Waals surface area (Å²) in [5.74, 6) is 0.497. The molecular formula is C14H20N2OS. The van der Waals surface area contributed by atoms with Crippen molar-refractivity contribution in [3.63, 3.8) is 0 Å². The van der Waals surface area contributed by atoms with Crippen molar-refractivity contribution in [1.29, 1.82) is 0 Å². The predicted octanol–water partition coefficient (Wildman–Crippen LogP) is 2.50. The van der Waals surface area contributed by atoms with Gasteiger partial charge in [0.15, 0.2) is 0 Å². The van der Waals surface area contributed by atoms with Crippen LogP contribution in [0, 0.1) is 5.92 Å². The van der Waals surface area contributed by atoms with Crippen LogP contribution in [0.3, 0.4) is 0 Å². The Balaban J connectivity index is 2.25. The highest BCUT2D eigenvalue weighted by Crippen LogP contribution is 2.35. The fourth-order valence-electron chi connectivity index (χ4n) is 2.21. The standard InChI is InChI=1S/C14H20N2OS/c1-10(2)18-13-6-4-3-5-12(13)16-9-11(8-15)7-14(16)17/h3-6,10-11H,7-9,15H2,1-2H3. The highest BCUT2D eigenvalue weighted by molar-refractivity contribution is 8.00. The first-order valence-corrected chi connectivity index (χ1v) is 7.26. The van der Waals surface area contributed by atoms with Crippen molar-refractivity contribution in [2.24, 2.45) is 11.7 Å². The summed E-state index contributed by atoms with van der Waals surface area (Å²) in [6, 6.07) is 8.13. The van der Waals surface area contributed by atoms with Gasteiger partial charge in [0, 0.05) is 23.1 Å². The summed E-state index contributed by atoms with van der Waals surface area (Å²) in [6.07, 6.45) is 0.581. The average Bonchev–Trinajstić information content (AvgIpc) is 2.70. The Morgan fingerprint density at radius 1 is 1.44 bits per heavy atom. The lowest BCUT2D eigenvalue weighted by Gasteiger charge is -2.20. The molecule has 0 radical (unpaired) electrons. The van der Waals surface area contributed by atoms with Gasteiger partial charge in [-0.2, -0.15) is 0 Å². The maximum Gasteiger partial charge on any atom is 0.227 e. The molecular weight excluding hydrogens is 244 g/mol. The molecule has 2 rings (SSSR count). The largest absolute Gasteiger partial charge is 0.330 e. The second-order valence-electron chi connectivity index (χ2n) is 4.94. The van der Waals surface area contributed by atoms with Gasteiger partial charge < -0.3 is 10.6 Å². The monoisotopic (exact) mass is 264 g/mol. The first kappa shape index (κ1) is 13.4. The van der Waals surface area contributed by atoms with E-state index in [-0.39, 0.29) is 5.91 Å². The summed E-state index contributed by atoms with van der Waals surface area (Å²) >= 11 is 1.80. The molecule has 0 bridgehead atoms. The summed E-state index contributed by atoms with van der Waals surface area (Å²) < 4.78 is 0. The van der Waals surface area contributed by atoms with Crippen LogP contribution in [0.25, 0.3) is 0 Å². The molecule has 3 nitrogen and oxygen atoms in total. The maximum atomic E-state index is 12.0. The number of hydrogen-bond acceptors (Lipinski definition) is 3. The average molecular weight is 264 g/mol. The smallest absolute Gasteiger partial charge is 0.227 e. The summed E-state index contributed by atoms with van der Waals surface area (Å²) in [4.78, 5) is 15.1. The van der Waals surface area contributed by atoms with E-state index >= 15 is 0 Å². The van der Waals surface area contributed by atoms with Crippen LogP contribution in [-0.4, -0.2) is 24.2 Å². The van der Waals surface area contributed by atoms with Crippen molar-refractivity contribution < 1.29 is 4.79 Å². The second-order valence-corrected chi connectivity index (χ2v) is 6.56. The Morgan fingerprint density at radius 3 is 2.78 bits per heavy atom. The molecule has 1 aliphatic heterocycles. The molecule has 1 aliphatic rings. The van der Waals surface area contributed by atoms with Crippen LogP contribution in [0.2, 0.25) is 0 Å². The number of carbonyl (C=O) groups is 1. The molecule has 98 valence electrons. The van der Waals surface area contributed by atoms with Gasteiger partial charge in [-0.3, -0.25) is 4.79 Å². The normalized spacial score (nSPS) is 19.9. The van der Waals surface area contributed by atoms with Gasteiger partial charge in [-0.25, -0.2) is 0 Å². The van der Waals surface area contributed by atoms with Crippen molar-refractivity contribution in [3.05, 3.63) is 24.3 Å². The third-order valence-electron chi connectivity index (χ3n) is 3.06. The topological polar surface area (TPSA) is 46.3 Å². The van der Waals surface area contributed by atoms with Crippen LogP contribution in [0.15, 0.2) is 29.2 Å². The number of anilines is 1. The maximum absolute atomic E-state index is 12.0. The molecule has 1 amide bonds. The van der Waals surface area contributed by atoms with E-state index < -0.39 is 0 Å². The Bertz CT molecular complexity index is 434. The number of thioether (sulfide) groups is 1. The molecule has 1 atom stereocenters. The van der Waals surface area contributed by atoms with E-state index in [2.05, 4.69) is 19.9 Å². The SMILES string of the molecule is CC(C)Sc1ccccc1N1CC(CN)CC1=O. The fraction of sp³-hybridized carbons (Fsp3) is 0.500. The molecule has 0 saturated carbocycles.